The lowest BCUT2D eigenvalue weighted by Gasteiger charge is -2.35. The summed E-state index contributed by atoms with van der Waals surface area (Å²) >= 11 is 0. The predicted molar refractivity (Wildman–Crippen MR) is 109 cm³/mol. The number of anilines is 1. The molecule has 0 amide bonds. The van der Waals surface area contributed by atoms with Crippen molar-refractivity contribution in [3.63, 3.8) is 0 Å². The number of aliphatic hydroxyl groups is 2. The summed E-state index contributed by atoms with van der Waals surface area (Å²) in [4.78, 5) is 10.4. The van der Waals surface area contributed by atoms with Gasteiger partial charge in [0.05, 0.1) is 12.6 Å². The van der Waals surface area contributed by atoms with Gasteiger partial charge in [-0.05, 0) is 44.4 Å². The predicted octanol–water partition coefficient (Wildman–Crippen LogP) is 3.02. The molecule has 4 heterocycles. The Bertz CT molecular complexity index is 936. The molecule has 0 aromatic carbocycles. The van der Waals surface area contributed by atoms with Gasteiger partial charge in [0.25, 0.3) is 0 Å². The molecule has 0 saturated carbocycles. The monoisotopic (exact) mass is 399 g/mol. The van der Waals surface area contributed by atoms with E-state index in [1.165, 1.54) is 0 Å². The molecule has 0 aliphatic carbocycles. The topological polar surface area (TPSA) is 112 Å². The van der Waals surface area contributed by atoms with Crippen molar-refractivity contribution in [1.82, 2.24) is 4.98 Å². The highest BCUT2D eigenvalue weighted by molar-refractivity contribution is 6.20. The summed E-state index contributed by atoms with van der Waals surface area (Å²) < 4.78 is 11.4. The standard InChI is InChI=1S/C21H25N3O5/c1-2-28-21(27)17-18(26)16(10-13-11-23-19-15(13)7-5-8-22-19)29-20(17)24-9-4-3-6-14(24)12-25/h5,7-8,10-11,14,21,25-27H,2-4,6,9,12H2,1H3. The van der Waals surface area contributed by atoms with E-state index in [2.05, 4.69) is 9.98 Å². The van der Waals surface area contributed by atoms with Gasteiger partial charge in [-0.3, -0.25) is 0 Å². The molecule has 2 atom stereocenters. The summed E-state index contributed by atoms with van der Waals surface area (Å²) in [5.74, 6) is 0.960. The number of rotatable bonds is 6. The number of piperidine rings is 1. The smallest absolute Gasteiger partial charge is 0.208 e. The van der Waals surface area contributed by atoms with E-state index in [0.29, 0.717) is 18.2 Å². The molecule has 1 saturated heterocycles. The summed E-state index contributed by atoms with van der Waals surface area (Å²) in [7, 11) is 0. The molecule has 0 radical (unpaired) electrons. The van der Waals surface area contributed by atoms with Gasteiger partial charge in [0.1, 0.15) is 5.56 Å². The SMILES string of the molecule is CCOC(O)c1c(N2CCCCC2CO)oc(C=C2C=Nc3ncccc32)c1O. The van der Waals surface area contributed by atoms with Gasteiger partial charge in [0.15, 0.2) is 23.6 Å². The maximum Gasteiger partial charge on any atom is 0.208 e. The number of nitrogens with zero attached hydrogens (tertiary/aromatic N) is 3. The van der Waals surface area contributed by atoms with Crippen molar-refractivity contribution in [3.05, 3.63) is 35.2 Å². The minimum absolute atomic E-state index is 0.0340. The Morgan fingerprint density at radius 1 is 1.41 bits per heavy atom. The zero-order valence-corrected chi connectivity index (χ0v) is 16.3. The van der Waals surface area contributed by atoms with E-state index in [9.17, 15) is 15.3 Å². The zero-order valence-electron chi connectivity index (χ0n) is 16.3. The fourth-order valence-electron chi connectivity index (χ4n) is 3.86. The van der Waals surface area contributed by atoms with Crippen LogP contribution in [0.25, 0.3) is 11.6 Å². The number of aliphatic hydroxyl groups excluding tert-OH is 2. The maximum absolute atomic E-state index is 10.9. The zero-order chi connectivity index (χ0) is 20.4. The Kier molecular flexibility index (Phi) is 5.66. The Balaban J connectivity index is 1.78. The van der Waals surface area contributed by atoms with Gasteiger partial charge in [0, 0.05) is 36.7 Å². The molecule has 2 unspecified atom stereocenters. The Morgan fingerprint density at radius 2 is 2.28 bits per heavy atom. The van der Waals surface area contributed by atoms with Gasteiger partial charge < -0.3 is 29.4 Å². The summed E-state index contributed by atoms with van der Waals surface area (Å²) in [5.41, 5.74) is 1.77. The fourth-order valence-corrected chi connectivity index (χ4v) is 3.86. The normalized spacial score (nSPS) is 21.0. The lowest BCUT2D eigenvalue weighted by Crippen LogP contribution is -2.42. The van der Waals surface area contributed by atoms with Gasteiger partial charge in [-0.2, -0.15) is 0 Å². The number of aromatic hydroxyl groups is 1. The van der Waals surface area contributed by atoms with Crippen molar-refractivity contribution < 1.29 is 24.5 Å². The van der Waals surface area contributed by atoms with E-state index in [-0.39, 0.29) is 36.3 Å². The first-order valence-electron chi connectivity index (χ1n) is 9.88. The number of fused-ring (bicyclic) bond motifs is 1. The molecule has 2 aliphatic rings. The molecular formula is C21H25N3O5. The van der Waals surface area contributed by atoms with Crippen LogP contribution in [-0.4, -0.2) is 52.3 Å². The quantitative estimate of drug-likeness (QED) is 0.640. The lowest BCUT2D eigenvalue weighted by molar-refractivity contribution is -0.0988. The van der Waals surface area contributed by atoms with Crippen LogP contribution in [-0.2, 0) is 4.74 Å². The van der Waals surface area contributed by atoms with Crippen LogP contribution in [0, 0.1) is 0 Å². The number of aliphatic imine (C=N–C) groups is 1. The Morgan fingerprint density at radius 3 is 3.07 bits per heavy atom. The Labute approximate surface area is 168 Å². The van der Waals surface area contributed by atoms with Crippen LogP contribution in [0.3, 0.4) is 0 Å². The number of hydrogen-bond acceptors (Lipinski definition) is 8. The van der Waals surface area contributed by atoms with Crippen molar-refractivity contribution in [2.24, 2.45) is 4.99 Å². The van der Waals surface area contributed by atoms with Crippen LogP contribution in [0.15, 0.2) is 27.7 Å². The molecule has 2 aromatic heterocycles. The van der Waals surface area contributed by atoms with Gasteiger partial charge in [-0.25, -0.2) is 9.98 Å². The summed E-state index contributed by atoms with van der Waals surface area (Å²) in [6, 6.07) is 3.57. The summed E-state index contributed by atoms with van der Waals surface area (Å²) in [6.45, 7) is 2.66. The first-order chi connectivity index (χ1) is 14.1. The van der Waals surface area contributed by atoms with Crippen LogP contribution in [0.1, 0.15) is 49.4 Å². The summed E-state index contributed by atoms with van der Waals surface area (Å²) in [6.07, 6.45) is 6.43. The second-order valence-electron chi connectivity index (χ2n) is 7.10. The van der Waals surface area contributed by atoms with Gasteiger partial charge in [-0.15, -0.1) is 0 Å². The van der Waals surface area contributed by atoms with E-state index < -0.39 is 6.29 Å². The highest BCUT2D eigenvalue weighted by atomic mass is 16.6. The van der Waals surface area contributed by atoms with E-state index in [4.69, 9.17) is 9.15 Å². The third-order valence-corrected chi connectivity index (χ3v) is 5.31. The molecule has 0 spiro atoms. The molecule has 154 valence electrons. The number of allylic oxidation sites excluding steroid dienone is 1. The van der Waals surface area contributed by atoms with Gasteiger partial charge >= 0.3 is 0 Å². The molecular weight excluding hydrogens is 374 g/mol. The summed E-state index contributed by atoms with van der Waals surface area (Å²) in [5, 5.41) is 31.2. The van der Waals surface area contributed by atoms with Crippen molar-refractivity contribution in [1.29, 1.82) is 0 Å². The van der Waals surface area contributed by atoms with Crippen molar-refractivity contribution in [3.8, 4) is 5.75 Å². The first kappa shape index (κ1) is 19.6. The minimum Gasteiger partial charge on any atom is -0.504 e. The average Bonchev–Trinajstić information content (AvgIpc) is 3.30. The highest BCUT2D eigenvalue weighted by Gasteiger charge is 2.33. The lowest BCUT2D eigenvalue weighted by atomic mass is 10.0. The second kappa shape index (κ2) is 8.36. The highest BCUT2D eigenvalue weighted by Crippen LogP contribution is 2.44. The average molecular weight is 399 g/mol. The molecule has 2 aliphatic heterocycles. The molecule has 2 aromatic rings. The third-order valence-electron chi connectivity index (χ3n) is 5.31. The number of pyridine rings is 1. The van der Waals surface area contributed by atoms with Crippen molar-refractivity contribution in [2.75, 3.05) is 24.7 Å². The number of aromatic nitrogens is 1. The van der Waals surface area contributed by atoms with Crippen LogP contribution in [0.4, 0.5) is 11.7 Å². The van der Waals surface area contributed by atoms with E-state index >= 15 is 0 Å². The number of ether oxygens (including phenoxy) is 1. The van der Waals surface area contributed by atoms with Crippen LogP contribution in [0.2, 0.25) is 0 Å². The Hall–Kier alpha value is -2.68. The van der Waals surface area contributed by atoms with Crippen LogP contribution < -0.4 is 4.90 Å². The number of furan rings is 1. The third kappa shape index (κ3) is 3.66. The molecule has 3 N–H and O–H groups in total. The van der Waals surface area contributed by atoms with E-state index in [1.54, 1.807) is 25.4 Å². The molecule has 8 nitrogen and oxygen atoms in total. The van der Waals surface area contributed by atoms with E-state index in [0.717, 1.165) is 30.4 Å². The van der Waals surface area contributed by atoms with Crippen LogP contribution >= 0.6 is 0 Å². The van der Waals surface area contributed by atoms with E-state index in [1.807, 2.05) is 17.0 Å². The van der Waals surface area contributed by atoms with Crippen LogP contribution in [0.5, 0.6) is 5.75 Å². The molecule has 29 heavy (non-hydrogen) atoms. The molecule has 0 bridgehead atoms. The minimum atomic E-state index is -1.33. The van der Waals surface area contributed by atoms with Crippen molar-refractivity contribution in [2.45, 2.75) is 38.5 Å². The maximum atomic E-state index is 10.9. The van der Waals surface area contributed by atoms with Gasteiger partial charge in [0.2, 0.25) is 5.88 Å². The molecule has 8 heteroatoms. The number of hydrogen-bond donors (Lipinski definition) is 3. The molecule has 4 rings (SSSR count). The largest absolute Gasteiger partial charge is 0.504 e. The second-order valence-corrected chi connectivity index (χ2v) is 7.10. The fraction of sp³-hybridized carbons (Fsp3) is 0.429. The van der Waals surface area contributed by atoms with Crippen molar-refractivity contribution >= 4 is 29.6 Å². The molecule has 1 fully saturated rings. The first-order valence-corrected chi connectivity index (χ1v) is 9.88. The van der Waals surface area contributed by atoms with Gasteiger partial charge in [-0.1, -0.05) is 0 Å².